The van der Waals surface area contributed by atoms with Gasteiger partial charge in [0.05, 0.1) is 12.1 Å². The minimum absolute atomic E-state index is 0. The second kappa shape index (κ2) is 8.39. The lowest BCUT2D eigenvalue weighted by molar-refractivity contribution is -0.134. The molecule has 5 nitrogen and oxygen atoms in total. The van der Waals surface area contributed by atoms with Crippen LogP contribution in [0, 0.1) is 0 Å². The number of hydrogen-bond acceptors (Lipinski definition) is 3. The van der Waals surface area contributed by atoms with Crippen LogP contribution < -0.4 is 5.73 Å². The van der Waals surface area contributed by atoms with Crippen molar-refractivity contribution < 1.29 is 4.79 Å². The van der Waals surface area contributed by atoms with Gasteiger partial charge in [0, 0.05) is 31.9 Å². The Morgan fingerprint density at radius 2 is 2.29 bits per heavy atom. The Hall–Kier alpha value is -1.07. The summed E-state index contributed by atoms with van der Waals surface area (Å²) in [6.07, 6.45) is 8.67. The normalized spacial score (nSPS) is 20.0. The molecule has 1 aliphatic rings. The molecule has 1 amide bonds. The molecular formula is C15H27ClN4O. The van der Waals surface area contributed by atoms with Crippen LogP contribution in [0.2, 0.25) is 0 Å². The summed E-state index contributed by atoms with van der Waals surface area (Å²) in [5.41, 5.74) is 5.97. The molecular weight excluding hydrogens is 288 g/mol. The number of aromatic nitrogens is 2. The molecule has 1 aromatic rings. The number of hydrogen-bond donors (Lipinski definition) is 1. The summed E-state index contributed by atoms with van der Waals surface area (Å²) < 4.78 is 2.23. The number of piperidine rings is 1. The van der Waals surface area contributed by atoms with E-state index in [-0.39, 0.29) is 24.4 Å². The van der Waals surface area contributed by atoms with E-state index in [4.69, 9.17) is 5.73 Å². The van der Waals surface area contributed by atoms with Gasteiger partial charge in [0.2, 0.25) is 5.91 Å². The standard InChI is InChI=1S/C15H26N4O.ClH/c1-3-6-13(16)15(20)18-9-5-7-12(11-18)19-10-8-17-14(19)4-2;/h8,10,12-13H,3-7,9,11,16H2,1-2H3;1H. The second-order valence-corrected chi connectivity index (χ2v) is 5.58. The molecule has 1 aliphatic heterocycles. The Morgan fingerprint density at radius 3 is 2.95 bits per heavy atom. The molecule has 1 fully saturated rings. The molecule has 2 atom stereocenters. The molecule has 120 valence electrons. The van der Waals surface area contributed by atoms with E-state index in [0.29, 0.717) is 6.04 Å². The van der Waals surface area contributed by atoms with Crippen LogP contribution in [0.5, 0.6) is 0 Å². The smallest absolute Gasteiger partial charge is 0.239 e. The van der Waals surface area contributed by atoms with Gasteiger partial charge in [-0.2, -0.15) is 0 Å². The Labute approximate surface area is 133 Å². The third-order valence-electron chi connectivity index (χ3n) is 4.08. The van der Waals surface area contributed by atoms with Crippen molar-refractivity contribution in [2.45, 2.75) is 58.0 Å². The summed E-state index contributed by atoms with van der Waals surface area (Å²) in [5.74, 6) is 1.21. The highest BCUT2D eigenvalue weighted by molar-refractivity contribution is 5.85. The summed E-state index contributed by atoms with van der Waals surface area (Å²) in [5, 5.41) is 0. The third-order valence-corrected chi connectivity index (χ3v) is 4.08. The van der Waals surface area contributed by atoms with Gasteiger partial charge >= 0.3 is 0 Å². The first kappa shape index (κ1) is 18.0. The molecule has 0 spiro atoms. The minimum atomic E-state index is -0.341. The molecule has 2 heterocycles. The van der Waals surface area contributed by atoms with Crippen molar-refractivity contribution in [3.8, 4) is 0 Å². The largest absolute Gasteiger partial charge is 0.339 e. The van der Waals surface area contributed by atoms with Crippen molar-refractivity contribution in [1.82, 2.24) is 14.5 Å². The molecule has 21 heavy (non-hydrogen) atoms. The van der Waals surface area contributed by atoms with E-state index < -0.39 is 0 Å². The van der Waals surface area contributed by atoms with Gasteiger partial charge in [0.25, 0.3) is 0 Å². The summed E-state index contributed by atoms with van der Waals surface area (Å²) in [6.45, 7) is 5.77. The van der Waals surface area contributed by atoms with Gasteiger partial charge in [-0.05, 0) is 19.3 Å². The maximum Gasteiger partial charge on any atom is 0.239 e. The highest BCUT2D eigenvalue weighted by Crippen LogP contribution is 2.23. The number of carbonyl (C=O) groups is 1. The average molecular weight is 315 g/mol. The van der Waals surface area contributed by atoms with Crippen molar-refractivity contribution in [2.24, 2.45) is 5.73 Å². The van der Waals surface area contributed by atoms with Crippen LogP contribution in [-0.4, -0.2) is 39.5 Å². The highest BCUT2D eigenvalue weighted by Gasteiger charge is 2.28. The maximum atomic E-state index is 12.3. The number of halogens is 1. The van der Waals surface area contributed by atoms with Gasteiger partial charge < -0.3 is 15.2 Å². The first-order valence-corrected chi connectivity index (χ1v) is 7.73. The Balaban J connectivity index is 0.00000220. The van der Waals surface area contributed by atoms with Crippen molar-refractivity contribution >= 4 is 18.3 Å². The monoisotopic (exact) mass is 314 g/mol. The fourth-order valence-electron chi connectivity index (χ4n) is 3.00. The van der Waals surface area contributed by atoms with Crippen molar-refractivity contribution in [1.29, 1.82) is 0 Å². The van der Waals surface area contributed by atoms with Crippen molar-refractivity contribution in [2.75, 3.05) is 13.1 Å². The van der Waals surface area contributed by atoms with Crippen molar-refractivity contribution in [3.63, 3.8) is 0 Å². The number of nitrogens with zero attached hydrogens (tertiary/aromatic N) is 3. The summed E-state index contributed by atoms with van der Waals surface area (Å²) in [6, 6.07) is 0.00570. The fourth-order valence-corrected chi connectivity index (χ4v) is 3.00. The molecule has 0 radical (unpaired) electrons. The van der Waals surface area contributed by atoms with Crippen LogP contribution in [0.15, 0.2) is 12.4 Å². The number of amides is 1. The number of nitrogens with two attached hydrogens (primary N) is 1. The highest BCUT2D eigenvalue weighted by atomic mass is 35.5. The van der Waals surface area contributed by atoms with Crippen LogP contribution >= 0.6 is 12.4 Å². The Bertz CT molecular complexity index is 449. The van der Waals surface area contributed by atoms with Gasteiger partial charge in [0.1, 0.15) is 5.82 Å². The van der Waals surface area contributed by atoms with E-state index in [0.717, 1.165) is 51.0 Å². The molecule has 2 N–H and O–H groups in total. The molecule has 1 saturated heterocycles. The van der Waals surface area contributed by atoms with Gasteiger partial charge in [-0.1, -0.05) is 20.3 Å². The van der Waals surface area contributed by atoms with Gasteiger partial charge in [-0.25, -0.2) is 4.98 Å². The quantitative estimate of drug-likeness (QED) is 0.905. The number of carbonyl (C=O) groups excluding carboxylic acids is 1. The molecule has 2 unspecified atom stereocenters. The third kappa shape index (κ3) is 4.20. The summed E-state index contributed by atoms with van der Waals surface area (Å²) in [4.78, 5) is 18.7. The van der Waals surface area contributed by atoms with E-state index >= 15 is 0 Å². The van der Waals surface area contributed by atoms with E-state index in [1.54, 1.807) is 0 Å². The van der Waals surface area contributed by atoms with E-state index in [1.165, 1.54) is 0 Å². The molecule has 2 rings (SSSR count). The Morgan fingerprint density at radius 1 is 1.52 bits per heavy atom. The van der Waals surface area contributed by atoms with Crippen LogP contribution in [0.3, 0.4) is 0 Å². The topological polar surface area (TPSA) is 64.2 Å². The lowest BCUT2D eigenvalue weighted by Gasteiger charge is -2.35. The summed E-state index contributed by atoms with van der Waals surface area (Å²) >= 11 is 0. The number of likely N-dealkylation sites (tertiary alicyclic amines) is 1. The number of aryl methyl sites for hydroxylation is 1. The minimum Gasteiger partial charge on any atom is -0.339 e. The van der Waals surface area contributed by atoms with E-state index in [1.807, 2.05) is 17.3 Å². The van der Waals surface area contributed by atoms with Crippen molar-refractivity contribution in [3.05, 3.63) is 18.2 Å². The fraction of sp³-hybridized carbons (Fsp3) is 0.733. The molecule has 0 bridgehead atoms. The van der Waals surface area contributed by atoms with Gasteiger partial charge in [0.15, 0.2) is 0 Å². The molecule has 0 saturated carbocycles. The Kier molecular flexibility index (Phi) is 7.18. The SMILES string of the molecule is CCCC(N)C(=O)N1CCCC(n2ccnc2CC)C1.Cl. The van der Waals surface area contributed by atoms with Crippen LogP contribution in [0.25, 0.3) is 0 Å². The second-order valence-electron chi connectivity index (χ2n) is 5.58. The lowest BCUT2D eigenvalue weighted by atomic mass is 10.0. The first-order valence-electron chi connectivity index (χ1n) is 7.73. The van der Waals surface area contributed by atoms with E-state index in [9.17, 15) is 4.79 Å². The van der Waals surface area contributed by atoms with E-state index in [2.05, 4.69) is 23.4 Å². The first-order chi connectivity index (χ1) is 9.67. The lowest BCUT2D eigenvalue weighted by Crippen LogP contribution is -2.48. The van der Waals surface area contributed by atoms with Crippen LogP contribution in [-0.2, 0) is 11.2 Å². The zero-order chi connectivity index (χ0) is 14.5. The zero-order valence-electron chi connectivity index (χ0n) is 13.0. The summed E-state index contributed by atoms with van der Waals surface area (Å²) in [7, 11) is 0. The molecule has 6 heteroatoms. The predicted octanol–water partition coefficient (Wildman–Crippen LogP) is 2.16. The zero-order valence-corrected chi connectivity index (χ0v) is 13.8. The molecule has 0 aliphatic carbocycles. The molecule has 0 aromatic carbocycles. The maximum absolute atomic E-state index is 12.3. The van der Waals surface area contributed by atoms with Gasteiger partial charge in [-0.3, -0.25) is 4.79 Å². The van der Waals surface area contributed by atoms with Crippen LogP contribution in [0.1, 0.15) is 51.4 Å². The van der Waals surface area contributed by atoms with Gasteiger partial charge in [-0.15, -0.1) is 12.4 Å². The number of rotatable bonds is 5. The predicted molar refractivity (Wildman–Crippen MR) is 86.6 cm³/mol. The van der Waals surface area contributed by atoms with Crippen LogP contribution in [0.4, 0.5) is 0 Å². The number of imidazole rings is 1. The average Bonchev–Trinajstić information content (AvgIpc) is 2.95. The molecule has 1 aromatic heterocycles.